The van der Waals surface area contributed by atoms with E-state index in [4.69, 9.17) is 0 Å². The molecular formula is C18H24F2N2S. The van der Waals surface area contributed by atoms with E-state index in [1.165, 1.54) is 24.1 Å². The van der Waals surface area contributed by atoms with E-state index in [9.17, 15) is 8.78 Å². The molecule has 0 radical (unpaired) electrons. The van der Waals surface area contributed by atoms with Crippen molar-refractivity contribution in [1.29, 1.82) is 0 Å². The van der Waals surface area contributed by atoms with Crippen molar-refractivity contribution in [1.82, 2.24) is 9.88 Å². The maximum Gasteiger partial charge on any atom is 0.288 e. The Hall–Kier alpha value is -1.07. The smallest absolute Gasteiger partial charge is 0.288 e. The molecule has 3 rings (SSSR count). The van der Waals surface area contributed by atoms with Gasteiger partial charge in [0.2, 0.25) is 0 Å². The minimum Gasteiger partial charge on any atom is -0.358 e. The van der Waals surface area contributed by atoms with Crippen LogP contribution in [0.4, 0.5) is 8.78 Å². The number of hydrogen-bond acceptors (Lipinski definition) is 2. The van der Waals surface area contributed by atoms with Gasteiger partial charge in [0.25, 0.3) is 5.76 Å². The molecule has 5 heteroatoms. The standard InChI is InChI=1S/C18H24F2N2S/c1-11(2)17-15(9-12-5-4-8-22(12)3)14-10-13(23-18(19)20)6-7-16(14)21-17/h6-7,10-12,18,21H,4-5,8-9H2,1-3H3/t12-/m1/s1. The number of thioether (sulfide) groups is 1. The van der Waals surface area contributed by atoms with Crippen LogP contribution >= 0.6 is 11.8 Å². The zero-order valence-electron chi connectivity index (χ0n) is 13.9. The van der Waals surface area contributed by atoms with Crippen LogP contribution in [-0.4, -0.2) is 35.3 Å². The van der Waals surface area contributed by atoms with Gasteiger partial charge in [-0.2, -0.15) is 8.78 Å². The predicted octanol–water partition coefficient (Wildman–Crippen LogP) is 5.24. The maximum atomic E-state index is 12.7. The van der Waals surface area contributed by atoms with Crippen LogP contribution in [0.15, 0.2) is 23.1 Å². The molecule has 1 aliphatic rings. The molecule has 1 aromatic carbocycles. The molecule has 1 aromatic heterocycles. The van der Waals surface area contributed by atoms with Crippen molar-refractivity contribution in [2.75, 3.05) is 13.6 Å². The molecular weight excluding hydrogens is 314 g/mol. The highest BCUT2D eigenvalue weighted by Crippen LogP contribution is 2.35. The zero-order chi connectivity index (χ0) is 16.6. The van der Waals surface area contributed by atoms with Crippen molar-refractivity contribution in [3.63, 3.8) is 0 Å². The van der Waals surface area contributed by atoms with Gasteiger partial charge in [0.15, 0.2) is 0 Å². The van der Waals surface area contributed by atoms with Gasteiger partial charge in [-0.25, -0.2) is 0 Å². The van der Waals surface area contributed by atoms with Crippen LogP contribution in [0.2, 0.25) is 0 Å². The van der Waals surface area contributed by atoms with Crippen molar-refractivity contribution < 1.29 is 8.78 Å². The Labute approximate surface area is 140 Å². The van der Waals surface area contributed by atoms with Crippen LogP contribution in [0.25, 0.3) is 10.9 Å². The summed E-state index contributed by atoms with van der Waals surface area (Å²) in [6.45, 7) is 5.51. The summed E-state index contributed by atoms with van der Waals surface area (Å²) in [7, 11) is 2.18. The summed E-state index contributed by atoms with van der Waals surface area (Å²) in [5.41, 5.74) is 3.62. The molecule has 1 aliphatic heterocycles. The van der Waals surface area contributed by atoms with Crippen molar-refractivity contribution in [2.24, 2.45) is 0 Å². The van der Waals surface area contributed by atoms with Crippen molar-refractivity contribution in [2.45, 2.75) is 55.7 Å². The van der Waals surface area contributed by atoms with Crippen LogP contribution in [0.5, 0.6) is 0 Å². The summed E-state index contributed by atoms with van der Waals surface area (Å²) in [6.07, 6.45) is 3.45. The number of fused-ring (bicyclic) bond motifs is 1. The fourth-order valence-electron chi connectivity index (χ4n) is 3.61. The quantitative estimate of drug-likeness (QED) is 0.752. The summed E-state index contributed by atoms with van der Waals surface area (Å²) >= 11 is 0.625. The van der Waals surface area contributed by atoms with Crippen molar-refractivity contribution in [3.05, 3.63) is 29.5 Å². The highest BCUT2D eigenvalue weighted by Gasteiger charge is 2.25. The first-order valence-electron chi connectivity index (χ1n) is 8.25. The number of nitrogens with one attached hydrogen (secondary N) is 1. The first kappa shape index (κ1) is 16.8. The summed E-state index contributed by atoms with van der Waals surface area (Å²) in [4.78, 5) is 6.58. The number of hydrogen-bond donors (Lipinski definition) is 1. The number of halogens is 2. The molecule has 2 heterocycles. The molecule has 23 heavy (non-hydrogen) atoms. The van der Waals surface area contributed by atoms with Gasteiger partial charge in [-0.3, -0.25) is 0 Å². The van der Waals surface area contributed by atoms with E-state index >= 15 is 0 Å². The van der Waals surface area contributed by atoms with Crippen LogP contribution < -0.4 is 0 Å². The van der Waals surface area contributed by atoms with Crippen molar-refractivity contribution in [3.8, 4) is 0 Å². The second kappa shape index (κ2) is 6.81. The lowest BCUT2D eigenvalue weighted by molar-refractivity contribution is 0.252. The van der Waals surface area contributed by atoms with Gasteiger partial charge in [-0.1, -0.05) is 25.6 Å². The summed E-state index contributed by atoms with van der Waals surface area (Å²) in [5, 5.41) is 1.11. The molecule has 2 nitrogen and oxygen atoms in total. The van der Waals surface area contributed by atoms with Crippen molar-refractivity contribution >= 4 is 22.7 Å². The molecule has 1 fully saturated rings. The Bertz CT molecular complexity index is 681. The van der Waals surface area contributed by atoms with Crippen LogP contribution in [0.1, 0.15) is 43.9 Å². The van der Waals surface area contributed by atoms with E-state index < -0.39 is 5.76 Å². The number of likely N-dealkylation sites (N-methyl/N-ethyl adjacent to an activating group) is 1. The number of likely N-dealkylation sites (tertiary alicyclic amines) is 1. The summed E-state index contributed by atoms with van der Waals surface area (Å²) in [6, 6.07) is 6.20. The second-order valence-electron chi connectivity index (χ2n) is 6.74. The van der Waals surface area contributed by atoms with Gasteiger partial charge in [0.05, 0.1) is 0 Å². The summed E-state index contributed by atoms with van der Waals surface area (Å²) < 4.78 is 25.4. The van der Waals surface area contributed by atoms with E-state index in [1.54, 1.807) is 6.07 Å². The Morgan fingerprint density at radius 1 is 1.35 bits per heavy atom. The molecule has 0 aliphatic carbocycles. The molecule has 0 bridgehead atoms. The average molecular weight is 338 g/mol. The van der Waals surface area contributed by atoms with Crippen LogP contribution in [-0.2, 0) is 6.42 Å². The predicted molar refractivity (Wildman–Crippen MR) is 93.6 cm³/mol. The Morgan fingerprint density at radius 2 is 2.13 bits per heavy atom. The molecule has 0 saturated carbocycles. The Morgan fingerprint density at radius 3 is 2.74 bits per heavy atom. The topological polar surface area (TPSA) is 19.0 Å². The molecule has 2 aromatic rings. The van der Waals surface area contributed by atoms with Gasteiger partial charge in [0, 0.05) is 27.5 Å². The highest BCUT2D eigenvalue weighted by atomic mass is 32.2. The lowest BCUT2D eigenvalue weighted by Crippen LogP contribution is -2.27. The van der Waals surface area contributed by atoms with Crippen LogP contribution in [0.3, 0.4) is 0 Å². The van der Waals surface area contributed by atoms with E-state index in [0.717, 1.165) is 23.9 Å². The van der Waals surface area contributed by atoms with Gasteiger partial charge in [-0.15, -0.1) is 0 Å². The lowest BCUT2D eigenvalue weighted by Gasteiger charge is -2.20. The third kappa shape index (κ3) is 3.56. The molecule has 126 valence electrons. The lowest BCUT2D eigenvalue weighted by atomic mass is 9.96. The normalized spacial score (nSPS) is 19.5. The summed E-state index contributed by atoms with van der Waals surface area (Å²) in [5.74, 6) is -1.98. The Balaban J connectivity index is 2.01. The highest BCUT2D eigenvalue weighted by molar-refractivity contribution is 7.99. The number of nitrogens with zero attached hydrogens (tertiary/aromatic N) is 1. The largest absolute Gasteiger partial charge is 0.358 e. The molecule has 1 atom stereocenters. The minimum atomic E-state index is -2.37. The van der Waals surface area contributed by atoms with Gasteiger partial charge in [-0.05, 0) is 62.5 Å². The molecule has 1 N–H and O–H groups in total. The second-order valence-corrected chi connectivity index (χ2v) is 7.80. The van der Waals surface area contributed by atoms with Gasteiger partial charge < -0.3 is 9.88 Å². The van der Waals surface area contributed by atoms with Gasteiger partial charge in [0.1, 0.15) is 0 Å². The number of aromatic nitrogens is 1. The number of H-pyrrole nitrogens is 1. The Kier molecular flexibility index (Phi) is 4.97. The van der Waals surface area contributed by atoms with E-state index in [-0.39, 0.29) is 0 Å². The van der Waals surface area contributed by atoms with Crippen LogP contribution in [0, 0.1) is 0 Å². The molecule has 1 saturated heterocycles. The maximum absolute atomic E-state index is 12.7. The third-order valence-electron chi connectivity index (χ3n) is 4.82. The van der Waals surface area contributed by atoms with Gasteiger partial charge >= 0.3 is 0 Å². The van der Waals surface area contributed by atoms with E-state index in [0.29, 0.717) is 28.6 Å². The molecule has 0 spiro atoms. The fraction of sp³-hybridized carbons (Fsp3) is 0.556. The first-order chi connectivity index (χ1) is 11.0. The fourth-order valence-corrected chi connectivity index (χ4v) is 4.15. The number of alkyl halides is 2. The zero-order valence-corrected chi connectivity index (χ0v) is 14.7. The van der Waals surface area contributed by atoms with E-state index in [1.807, 2.05) is 12.1 Å². The SMILES string of the molecule is CC(C)c1[nH]c2ccc(SC(F)F)cc2c1C[C@H]1CCCN1C. The third-order valence-corrected chi connectivity index (χ3v) is 5.53. The first-order valence-corrected chi connectivity index (χ1v) is 9.13. The number of benzene rings is 1. The average Bonchev–Trinajstić information content (AvgIpc) is 3.03. The number of aromatic amines is 1. The number of rotatable bonds is 5. The van der Waals surface area contributed by atoms with E-state index in [2.05, 4.69) is 30.8 Å². The monoisotopic (exact) mass is 338 g/mol. The molecule has 0 amide bonds. The minimum absolute atomic E-state index is 0.398. The molecule has 0 unspecified atom stereocenters.